The van der Waals surface area contributed by atoms with Gasteiger partial charge in [-0.15, -0.1) is 11.8 Å². The SMILES string of the molecule is CC1(C)CC(O)CC(C)(C)S1. The first kappa shape index (κ1) is 9.40. The van der Waals surface area contributed by atoms with E-state index in [4.69, 9.17) is 0 Å². The van der Waals surface area contributed by atoms with Crippen LogP contribution in [0.1, 0.15) is 40.5 Å². The number of thioether (sulfide) groups is 1. The number of hydrogen-bond donors (Lipinski definition) is 1. The van der Waals surface area contributed by atoms with Crippen LogP contribution in [0.25, 0.3) is 0 Å². The van der Waals surface area contributed by atoms with Crippen molar-refractivity contribution >= 4 is 11.8 Å². The molecule has 0 spiro atoms. The minimum absolute atomic E-state index is 0.0961. The third-order valence-electron chi connectivity index (χ3n) is 2.01. The summed E-state index contributed by atoms with van der Waals surface area (Å²) in [5, 5.41) is 9.57. The van der Waals surface area contributed by atoms with Crippen LogP contribution in [0.3, 0.4) is 0 Å². The van der Waals surface area contributed by atoms with Crippen molar-refractivity contribution in [3.63, 3.8) is 0 Å². The predicted octanol–water partition coefficient (Wildman–Crippen LogP) is 2.43. The molecule has 1 saturated heterocycles. The molecule has 0 aromatic carbocycles. The summed E-state index contributed by atoms with van der Waals surface area (Å²) in [6.45, 7) is 8.84. The lowest BCUT2D eigenvalue weighted by Crippen LogP contribution is -2.39. The van der Waals surface area contributed by atoms with Crippen LogP contribution in [0.4, 0.5) is 0 Å². The first-order valence-corrected chi connectivity index (χ1v) is 5.01. The van der Waals surface area contributed by atoms with Gasteiger partial charge < -0.3 is 5.11 Å². The van der Waals surface area contributed by atoms with Crippen molar-refractivity contribution in [3.8, 4) is 0 Å². The molecule has 11 heavy (non-hydrogen) atoms. The summed E-state index contributed by atoms with van der Waals surface area (Å²) >= 11 is 1.99. The van der Waals surface area contributed by atoms with Crippen LogP contribution in [-0.2, 0) is 0 Å². The summed E-state index contributed by atoms with van der Waals surface area (Å²) in [6, 6.07) is 0. The van der Waals surface area contributed by atoms with E-state index >= 15 is 0 Å². The van der Waals surface area contributed by atoms with E-state index in [2.05, 4.69) is 27.7 Å². The van der Waals surface area contributed by atoms with Gasteiger partial charge in [0.05, 0.1) is 6.10 Å². The van der Waals surface area contributed by atoms with Gasteiger partial charge in [0.25, 0.3) is 0 Å². The summed E-state index contributed by atoms with van der Waals surface area (Å²) < 4.78 is 0.502. The van der Waals surface area contributed by atoms with Crippen LogP contribution in [0.2, 0.25) is 0 Å². The van der Waals surface area contributed by atoms with E-state index in [1.165, 1.54) is 0 Å². The Morgan fingerprint density at radius 3 is 1.73 bits per heavy atom. The van der Waals surface area contributed by atoms with Gasteiger partial charge in [0.2, 0.25) is 0 Å². The minimum Gasteiger partial charge on any atom is -0.393 e. The summed E-state index contributed by atoms with van der Waals surface area (Å²) in [7, 11) is 0. The molecule has 1 fully saturated rings. The van der Waals surface area contributed by atoms with Gasteiger partial charge in [0.15, 0.2) is 0 Å². The Labute approximate surface area is 73.6 Å². The summed E-state index contributed by atoms with van der Waals surface area (Å²) in [6.07, 6.45) is 1.77. The summed E-state index contributed by atoms with van der Waals surface area (Å²) in [5.41, 5.74) is 0. The molecule has 1 aliphatic rings. The largest absolute Gasteiger partial charge is 0.393 e. The molecule has 0 unspecified atom stereocenters. The molecule has 1 aliphatic heterocycles. The molecule has 0 aliphatic carbocycles. The first-order chi connectivity index (χ1) is 4.81. The Balaban J connectivity index is 2.66. The molecular formula is C9H18OS. The van der Waals surface area contributed by atoms with Crippen LogP contribution < -0.4 is 0 Å². The van der Waals surface area contributed by atoms with Gasteiger partial charge in [0.1, 0.15) is 0 Å². The lowest BCUT2D eigenvalue weighted by atomic mass is 9.95. The average molecular weight is 174 g/mol. The number of aliphatic hydroxyl groups excluding tert-OH is 1. The van der Waals surface area contributed by atoms with Crippen LogP contribution in [0.5, 0.6) is 0 Å². The van der Waals surface area contributed by atoms with Gasteiger partial charge >= 0.3 is 0 Å². The van der Waals surface area contributed by atoms with Crippen molar-refractivity contribution in [1.29, 1.82) is 0 Å². The molecule has 2 heteroatoms. The zero-order valence-electron chi connectivity index (χ0n) is 7.85. The van der Waals surface area contributed by atoms with Gasteiger partial charge in [0, 0.05) is 9.49 Å². The van der Waals surface area contributed by atoms with Crippen molar-refractivity contribution < 1.29 is 5.11 Å². The van der Waals surface area contributed by atoms with Crippen molar-refractivity contribution in [2.24, 2.45) is 0 Å². The molecule has 0 aromatic heterocycles. The van der Waals surface area contributed by atoms with E-state index in [9.17, 15) is 5.11 Å². The van der Waals surface area contributed by atoms with Gasteiger partial charge in [-0.2, -0.15) is 0 Å². The second-order valence-corrected chi connectivity index (χ2v) is 7.10. The first-order valence-electron chi connectivity index (χ1n) is 4.19. The predicted molar refractivity (Wildman–Crippen MR) is 51.0 cm³/mol. The molecule has 0 aromatic rings. The normalized spacial score (nSPS) is 30.3. The van der Waals surface area contributed by atoms with Crippen LogP contribution in [-0.4, -0.2) is 20.7 Å². The molecule has 0 atom stereocenters. The second-order valence-electron chi connectivity index (χ2n) is 4.68. The lowest BCUT2D eigenvalue weighted by Gasteiger charge is -2.42. The van der Waals surface area contributed by atoms with E-state index < -0.39 is 0 Å². The number of hydrogen-bond acceptors (Lipinski definition) is 2. The fourth-order valence-electron chi connectivity index (χ4n) is 2.04. The van der Waals surface area contributed by atoms with E-state index in [1.54, 1.807) is 0 Å². The highest BCUT2D eigenvalue weighted by Crippen LogP contribution is 2.46. The molecule has 1 heterocycles. The molecule has 0 saturated carbocycles. The molecule has 0 bridgehead atoms. The smallest absolute Gasteiger partial charge is 0.0566 e. The standard InChI is InChI=1S/C9H18OS/c1-8(2)5-7(10)6-9(3,4)11-8/h7,10H,5-6H2,1-4H3. The van der Waals surface area contributed by atoms with E-state index in [0.717, 1.165) is 12.8 Å². The quantitative estimate of drug-likeness (QED) is 0.608. The zero-order valence-corrected chi connectivity index (χ0v) is 8.66. The fraction of sp³-hybridized carbons (Fsp3) is 1.00. The van der Waals surface area contributed by atoms with Crippen molar-refractivity contribution in [1.82, 2.24) is 0 Å². The Morgan fingerprint density at radius 2 is 1.45 bits per heavy atom. The van der Waals surface area contributed by atoms with E-state index in [-0.39, 0.29) is 15.6 Å². The maximum atomic E-state index is 9.57. The zero-order chi connectivity index (χ0) is 8.70. The maximum absolute atomic E-state index is 9.57. The highest BCUT2D eigenvalue weighted by molar-refractivity contribution is 8.01. The molecule has 1 N–H and O–H groups in total. The van der Waals surface area contributed by atoms with Gasteiger partial charge in [-0.1, -0.05) is 27.7 Å². The fourth-order valence-corrected chi connectivity index (χ4v) is 4.09. The van der Waals surface area contributed by atoms with Crippen LogP contribution in [0.15, 0.2) is 0 Å². The van der Waals surface area contributed by atoms with Gasteiger partial charge in [-0.25, -0.2) is 0 Å². The second kappa shape index (κ2) is 2.67. The van der Waals surface area contributed by atoms with Crippen molar-refractivity contribution in [2.45, 2.75) is 56.1 Å². The highest BCUT2D eigenvalue weighted by atomic mass is 32.2. The highest BCUT2D eigenvalue weighted by Gasteiger charge is 2.38. The lowest BCUT2D eigenvalue weighted by molar-refractivity contribution is 0.128. The maximum Gasteiger partial charge on any atom is 0.0566 e. The summed E-state index contributed by atoms with van der Waals surface area (Å²) in [4.78, 5) is 0. The molecular weight excluding hydrogens is 156 g/mol. The Bertz CT molecular complexity index is 136. The van der Waals surface area contributed by atoms with E-state index in [1.807, 2.05) is 11.8 Å². The number of aliphatic hydroxyl groups is 1. The molecule has 0 amide bonds. The minimum atomic E-state index is -0.0961. The Hall–Kier alpha value is 0.310. The van der Waals surface area contributed by atoms with Crippen LogP contribution >= 0.6 is 11.8 Å². The summed E-state index contributed by atoms with van der Waals surface area (Å²) in [5.74, 6) is 0. The monoisotopic (exact) mass is 174 g/mol. The Morgan fingerprint density at radius 1 is 1.09 bits per heavy atom. The van der Waals surface area contributed by atoms with Gasteiger partial charge in [-0.05, 0) is 12.8 Å². The molecule has 1 nitrogen and oxygen atoms in total. The van der Waals surface area contributed by atoms with Crippen molar-refractivity contribution in [3.05, 3.63) is 0 Å². The molecule has 66 valence electrons. The third kappa shape index (κ3) is 2.68. The number of rotatable bonds is 0. The third-order valence-corrected chi connectivity index (χ3v) is 3.45. The van der Waals surface area contributed by atoms with Crippen molar-refractivity contribution in [2.75, 3.05) is 0 Å². The average Bonchev–Trinajstić information content (AvgIpc) is 1.49. The van der Waals surface area contributed by atoms with Gasteiger partial charge in [-0.3, -0.25) is 0 Å². The topological polar surface area (TPSA) is 20.2 Å². The Kier molecular flexibility index (Phi) is 2.28. The van der Waals surface area contributed by atoms with E-state index in [0.29, 0.717) is 0 Å². The van der Waals surface area contributed by atoms with Crippen LogP contribution in [0, 0.1) is 0 Å². The molecule has 0 radical (unpaired) electrons. The molecule has 1 rings (SSSR count).